The van der Waals surface area contributed by atoms with Crippen LogP contribution in [0.25, 0.3) is 0 Å². The molecule has 0 unspecified atom stereocenters. The van der Waals surface area contributed by atoms with E-state index in [1.54, 1.807) is 34.5 Å². The molecule has 0 saturated carbocycles. The van der Waals surface area contributed by atoms with Crippen molar-refractivity contribution >= 4 is 27.2 Å². The number of nitrogens with one attached hydrogen (secondary N) is 1. The molecule has 3 aromatic rings. The fraction of sp³-hybridized carbons (Fsp3) is 0.133. The first kappa shape index (κ1) is 14.8. The third kappa shape index (κ3) is 3.37. The van der Waals surface area contributed by atoms with E-state index >= 15 is 0 Å². The van der Waals surface area contributed by atoms with Crippen molar-refractivity contribution in [2.75, 3.05) is 4.72 Å². The molecule has 7 heteroatoms. The monoisotopic (exact) mass is 333 g/mol. The van der Waals surface area contributed by atoms with Crippen LogP contribution in [0.5, 0.6) is 0 Å². The average Bonchev–Trinajstić information content (AvgIpc) is 3.10. The lowest BCUT2D eigenvalue weighted by molar-refractivity contribution is 0.602. The summed E-state index contributed by atoms with van der Waals surface area (Å²) in [6.07, 6.45) is 1.76. The molecule has 0 aliphatic heterocycles. The molecule has 22 heavy (non-hydrogen) atoms. The Labute approximate surface area is 133 Å². The highest BCUT2D eigenvalue weighted by Gasteiger charge is 2.16. The second kappa shape index (κ2) is 5.94. The molecule has 0 aliphatic carbocycles. The number of aromatic nitrogens is 2. The second-order valence-electron chi connectivity index (χ2n) is 4.93. The highest BCUT2D eigenvalue weighted by molar-refractivity contribution is 7.94. The molecule has 0 aliphatic rings. The number of aryl methyl sites for hydroxylation is 1. The highest BCUT2D eigenvalue weighted by Crippen LogP contribution is 2.19. The zero-order valence-corrected chi connectivity index (χ0v) is 13.6. The molecule has 0 fully saturated rings. The Balaban J connectivity index is 1.74. The Hall–Kier alpha value is -2.12. The molecule has 0 amide bonds. The van der Waals surface area contributed by atoms with Crippen molar-refractivity contribution in [3.05, 3.63) is 65.2 Å². The summed E-state index contributed by atoms with van der Waals surface area (Å²) in [6.45, 7) is 2.63. The summed E-state index contributed by atoms with van der Waals surface area (Å²) in [5.74, 6) is 0.320. The Morgan fingerprint density at radius 1 is 1.23 bits per heavy atom. The molecule has 0 radical (unpaired) electrons. The van der Waals surface area contributed by atoms with E-state index < -0.39 is 10.0 Å². The molecule has 5 nitrogen and oxygen atoms in total. The molecular weight excluding hydrogens is 318 g/mol. The lowest BCUT2D eigenvalue weighted by Crippen LogP contribution is -2.12. The highest BCUT2D eigenvalue weighted by atomic mass is 32.2. The van der Waals surface area contributed by atoms with Gasteiger partial charge in [0.15, 0.2) is 5.82 Å². The third-order valence-corrected chi connectivity index (χ3v) is 5.82. The summed E-state index contributed by atoms with van der Waals surface area (Å²) < 4.78 is 28.7. The number of rotatable bonds is 5. The van der Waals surface area contributed by atoms with E-state index in [4.69, 9.17) is 0 Å². The van der Waals surface area contributed by atoms with Gasteiger partial charge in [-0.1, -0.05) is 35.9 Å². The van der Waals surface area contributed by atoms with Gasteiger partial charge in [-0.15, -0.1) is 11.3 Å². The van der Waals surface area contributed by atoms with Crippen LogP contribution in [0.4, 0.5) is 5.82 Å². The van der Waals surface area contributed by atoms with Gasteiger partial charge in [0.2, 0.25) is 0 Å². The lowest BCUT2D eigenvalue weighted by Gasteiger charge is -2.04. The maximum Gasteiger partial charge on any atom is 0.272 e. The quantitative estimate of drug-likeness (QED) is 0.780. The van der Waals surface area contributed by atoms with Gasteiger partial charge in [-0.05, 0) is 23.9 Å². The minimum absolute atomic E-state index is 0.278. The molecule has 1 aromatic carbocycles. The van der Waals surface area contributed by atoms with Gasteiger partial charge in [0.1, 0.15) is 4.21 Å². The van der Waals surface area contributed by atoms with Crippen LogP contribution in [0.15, 0.2) is 58.3 Å². The largest absolute Gasteiger partial charge is 0.272 e. The molecule has 0 atom stereocenters. The first-order chi connectivity index (χ1) is 10.5. The number of anilines is 1. The van der Waals surface area contributed by atoms with Gasteiger partial charge in [0.25, 0.3) is 10.0 Å². The van der Waals surface area contributed by atoms with Gasteiger partial charge >= 0.3 is 0 Å². The van der Waals surface area contributed by atoms with Crippen LogP contribution in [0, 0.1) is 6.92 Å². The van der Waals surface area contributed by atoms with Gasteiger partial charge < -0.3 is 0 Å². The third-order valence-electron chi connectivity index (χ3n) is 3.07. The van der Waals surface area contributed by atoms with Crippen LogP contribution < -0.4 is 4.72 Å². The van der Waals surface area contributed by atoms with E-state index in [9.17, 15) is 8.42 Å². The van der Waals surface area contributed by atoms with E-state index in [0.717, 1.165) is 5.56 Å². The first-order valence-electron chi connectivity index (χ1n) is 6.68. The predicted molar refractivity (Wildman–Crippen MR) is 87.6 cm³/mol. The van der Waals surface area contributed by atoms with Crippen LogP contribution in [0.1, 0.15) is 11.1 Å². The standard InChI is InChI=1S/C15H15N3O2S2/c1-12-4-2-5-13(10-12)11-18-8-7-14(16-18)17-22(19,20)15-6-3-9-21-15/h2-10H,11H2,1H3,(H,16,17). The van der Waals surface area contributed by atoms with E-state index in [-0.39, 0.29) is 4.21 Å². The first-order valence-corrected chi connectivity index (χ1v) is 9.04. The summed E-state index contributed by atoms with van der Waals surface area (Å²) in [7, 11) is -3.54. The SMILES string of the molecule is Cc1cccc(Cn2ccc(NS(=O)(=O)c3cccs3)n2)c1. The van der Waals surface area contributed by atoms with Crippen molar-refractivity contribution in [2.24, 2.45) is 0 Å². The zero-order valence-electron chi connectivity index (χ0n) is 11.9. The molecule has 2 heterocycles. The minimum atomic E-state index is -3.54. The Bertz CT molecular complexity index is 868. The maximum absolute atomic E-state index is 12.1. The van der Waals surface area contributed by atoms with Gasteiger partial charge in [-0.2, -0.15) is 5.10 Å². The van der Waals surface area contributed by atoms with E-state index in [1.807, 2.05) is 25.1 Å². The number of hydrogen-bond donors (Lipinski definition) is 1. The summed E-state index contributed by atoms with van der Waals surface area (Å²) in [5, 5.41) is 5.99. The summed E-state index contributed by atoms with van der Waals surface area (Å²) in [6, 6.07) is 13.1. The van der Waals surface area contributed by atoms with Crippen molar-refractivity contribution in [2.45, 2.75) is 17.7 Å². The molecule has 1 N–H and O–H groups in total. The van der Waals surface area contributed by atoms with E-state index in [1.165, 1.54) is 16.9 Å². The maximum atomic E-state index is 12.1. The lowest BCUT2D eigenvalue weighted by atomic mass is 10.1. The van der Waals surface area contributed by atoms with Crippen molar-refractivity contribution in [3.8, 4) is 0 Å². The normalized spacial score (nSPS) is 11.5. The van der Waals surface area contributed by atoms with Gasteiger partial charge in [0.05, 0.1) is 6.54 Å². The summed E-state index contributed by atoms with van der Waals surface area (Å²) >= 11 is 1.18. The zero-order chi connectivity index (χ0) is 15.6. The van der Waals surface area contributed by atoms with Crippen molar-refractivity contribution in [1.29, 1.82) is 0 Å². The Morgan fingerprint density at radius 3 is 2.82 bits per heavy atom. The number of hydrogen-bond acceptors (Lipinski definition) is 4. The fourth-order valence-corrected chi connectivity index (χ4v) is 4.10. The Morgan fingerprint density at radius 2 is 2.09 bits per heavy atom. The topological polar surface area (TPSA) is 64.0 Å². The minimum Gasteiger partial charge on any atom is -0.266 e. The number of nitrogens with zero attached hydrogens (tertiary/aromatic N) is 2. The van der Waals surface area contributed by atoms with Gasteiger partial charge in [0, 0.05) is 12.3 Å². The second-order valence-corrected chi connectivity index (χ2v) is 7.78. The van der Waals surface area contributed by atoms with Crippen molar-refractivity contribution in [1.82, 2.24) is 9.78 Å². The van der Waals surface area contributed by atoms with Crippen LogP contribution >= 0.6 is 11.3 Å². The smallest absolute Gasteiger partial charge is 0.266 e. The average molecular weight is 333 g/mol. The molecule has 2 aromatic heterocycles. The van der Waals surface area contributed by atoms with Crippen molar-refractivity contribution < 1.29 is 8.42 Å². The summed E-state index contributed by atoms with van der Waals surface area (Å²) in [5.41, 5.74) is 2.30. The molecular formula is C15H15N3O2S2. The number of benzene rings is 1. The number of sulfonamides is 1. The van der Waals surface area contributed by atoms with Crippen LogP contribution in [0.2, 0.25) is 0 Å². The molecule has 0 spiro atoms. The van der Waals surface area contributed by atoms with E-state index in [2.05, 4.69) is 15.9 Å². The molecule has 0 saturated heterocycles. The number of thiophene rings is 1. The van der Waals surface area contributed by atoms with Gasteiger partial charge in [-0.3, -0.25) is 9.40 Å². The molecule has 114 valence electrons. The van der Waals surface area contributed by atoms with Crippen LogP contribution in [-0.2, 0) is 16.6 Å². The molecule has 3 rings (SSSR count). The predicted octanol–water partition coefficient (Wildman–Crippen LogP) is 3.10. The molecule has 0 bridgehead atoms. The Kier molecular flexibility index (Phi) is 4.00. The van der Waals surface area contributed by atoms with Crippen LogP contribution in [-0.4, -0.2) is 18.2 Å². The summed E-state index contributed by atoms with van der Waals surface area (Å²) in [4.78, 5) is 0. The van der Waals surface area contributed by atoms with Crippen molar-refractivity contribution in [3.63, 3.8) is 0 Å². The fourth-order valence-electron chi connectivity index (χ4n) is 2.11. The van der Waals surface area contributed by atoms with Crippen LogP contribution in [0.3, 0.4) is 0 Å². The van der Waals surface area contributed by atoms with Gasteiger partial charge in [-0.25, -0.2) is 8.42 Å². The van der Waals surface area contributed by atoms with E-state index in [0.29, 0.717) is 12.4 Å².